The van der Waals surface area contributed by atoms with Gasteiger partial charge in [0.2, 0.25) is 0 Å². The van der Waals surface area contributed by atoms with Crippen molar-refractivity contribution in [3.05, 3.63) is 22.8 Å². The molecule has 1 N–H and O–H groups in total. The van der Waals surface area contributed by atoms with Crippen molar-refractivity contribution < 1.29 is 0 Å². The highest BCUT2D eigenvalue weighted by Crippen LogP contribution is 2.27. The average Bonchev–Trinajstić information content (AvgIpc) is 2.15. The lowest BCUT2D eigenvalue weighted by Crippen LogP contribution is -2.30. The molecule has 82 valence electrons. The molecule has 0 aromatic carbocycles. The van der Waals surface area contributed by atoms with E-state index in [0.29, 0.717) is 0 Å². The Labute approximate surface area is 91.3 Å². The normalized spacial score (nSPS) is 16.3. The van der Waals surface area contributed by atoms with Crippen molar-refractivity contribution >= 4 is 0 Å². The topological polar surface area (TPSA) is 37.8 Å². The van der Waals surface area contributed by atoms with Gasteiger partial charge >= 0.3 is 0 Å². The fraction of sp³-hybridized carbons (Fsp3) is 0.667. The average molecular weight is 205 g/mol. The molecule has 0 saturated carbocycles. The Bertz CT molecular complexity index is 377. The molecule has 1 aliphatic heterocycles. The number of rotatable bonds is 0. The Balaban J connectivity index is 2.58. The van der Waals surface area contributed by atoms with Crippen LogP contribution in [0.25, 0.3) is 0 Å². The van der Waals surface area contributed by atoms with Crippen LogP contribution in [-0.2, 0) is 18.4 Å². The third-order valence-electron chi connectivity index (χ3n) is 2.76. The molecule has 3 heteroatoms. The molecular weight excluding hydrogens is 186 g/mol. The number of aromatic nitrogens is 2. The van der Waals surface area contributed by atoms with Crippen molar-refractivity contribution in [2.45, 2.75) is 46.1 Å². The van der Waals surface area contributed by atoms with Crippen LogP contribution >= 0.6 is 0 Å². The molecule has 15 heavy (non-hydrogen) atoms. The lowest BCUT2D eigenvalue weighted by molar-refractivity contribution is 0.528. The summed E-state index contributed by atoms with van der Waals surface area (Å²) in [4.78, 5) is 9.14. The fourth-order valence-electron chi connectivity index (χ4n) is 2.09. The Morgan fingerprint density at radius 3 is 2.60 bits per heavy atom. The van der Waals surface area contributed by atoms with Crippen molar-refractivity contribution in [2.75, 3.05) is 6.54 Å². The molecule has 2 rings (SSSR count). The Morgan fingerprint density at radius 2 is 1.93 bits per heavy atom. The number of fused-ring (bicyclic) bond motifs is 1. The zero-order valence-electron chi connectivity index (χ0n) is 10.0. The molecule has 0 bridgehead atoms. The van der Waals surface area contributed by atoms with Crippen LogP contribution in [0.15, 0.2) is 0 Å². The van der Waals surface area contributed by atoms with Gasteiger partial charge in [-0.05, 0) is 6.92 Å². The summed E-state index contributed by atoms with van der Waals surface area (Å²) in [6.07, 6.45) is 1.03. The molecule has 0 unspecified atom stereocenters. The van der Waals surface area contributed by atoms with Crippen molar-refractivity contribution in [3.63, 3.8) is 0 Å². The van der Waals surface area contributed by atoms with Gasteiger partial charge in [-0.25, -0.2) is 9.97 Å². The zero-order valence-corrected chi connectivity index (χ0v) is 10.0. The lowest BCUT2D eigenvalue weighted by atomic mass is 9.86. The summed E-state index contributed by atoms with van der Waals surface area (Å²) < 4.78 is 0. The van der Waals surface area contributed by atoms with Crippen molar-refractivity contribution in [1.29, 1.82) is 0 Å². The molecule has 1 aromatic rings. The van der Waals surface area contributed by atoms with Crippen molar-refractivity contribution in [2.24, 2.45) is 0 Å². The van der Waals surface area contributed by atoms with Gasteiger partial charge in [-0.1, -0.05) is 20.8 Å². The van der Waals surface area contributed by atoms with E-state index in [1.165, 1.54) is 17.0 Å². The molecule has 3 nitrogen and oxygen atoms in total. The molecule has 0 atom stereocenters. The van der Waals surface area contributed by atoms with Gasteiger partial charge in [0.15, 0.2) is 0 Å². The van der Waals surface area contributed by atoms with Crippen LogP contribution in [0.5, 0.6) is 0 Å². The number of aryl methyl sites for hydroxylation is 1. The van der Waals surface area contributed by atoms with Gasteiger partial charge in [-0.3, -0.25) is 0 Å². The Kier molecular flexibility index (Phi) is 2.51. The van der Waals surface area contributed by atoms with Crippen LogP contribution in [0.1, 0.15) is 43.5 Å². The predicted octanol–water partition coefficient (Wildman–Crippen LogP) is 1.73. The van der Waals surface area contributed by atoms with Gasteiger partial charge in [-0.15, -0.1) is 0 Å². The molecule has 0 saturated heterocycles. The van der Waals surface area contributed by atoms with Gasteiger partial charge in [-0.2, -0.15) is 0 Å². The minimum Gasteiger partial charge on any atom is -0.312 e. The molecular formula is C12H19N3. The molecule has 1 aliphatic rings. The van der Waals surface area contributed by atoms with Crippen LogP contribution in [0.4, 0.5) is 0 Å². The van der Waals surface area contributed by atoms with Gasteiger partial charge in [0.25, 0.3) is 0 Å². The summed E-state index contributed by atoms with van der Waals surface area (Å²) in [7, 11) is 0. The third-order valence-corrected chi connectivity index (χ3v) is 2.76. The first kappa shape index (κ1) is 10.6. The van der Waals surface area contributed by atoms with E-state index < -0.39 is 0 Å². The van der Waals surface area contributed by atoms with E-state index in [1.54, 1.807) is 0 Å². The second-order valence-corrected chi connectivity index (χ2v) is 5.22. The maximum atomic E-state index is 4.61. The number of hydrogen-bond acceptors (Lipinski definition) is 3. The first-order valence-electron chi connectivity index (χ1n) is 5.56. The second-order valence-electron chi connectivity index (χ2n) is 5.22. The fourth-order valence-corrected chi connectivity index (χ4v) is 2.09. The van der Waals surface area contributed by atoms with Crippen LogP contribution in [0, 0.1) is 6.92 Å². The third kappa shape index (κ3) is 2.02. The second kappa shape index (κ2) is 3.56. The quantitative estimate of drug-likeness (QED) is 0.701. The number of nitrogens with zero attached hydrogens (tertiary/aromatic N) is 2. The van der Waals surface area contributed by atoms with E-state index >= 15 is 0 Å². The molecule has 0 fully saturated rings. The van der Waals surface area contributed by atoms with Gasteiger partial charge < -0.3 is 5.32 Å². The largest absolute Gasteiger partial charge is 0.312 e. The first-order valence-corrected chi connectivity index (χ1v) is 5.56. The molecule has 0 aliphatic carbocycles. The summed E-state index contributed by atoms with van der Waals surface area (Å²) in [6, 6.07) is 0. The molecule has 0 amide bonds. The van der Waals surface area contributed by atoms with Gasteiger partial charge in [0.1, 0.15) is 5.82 Å². The summed E-state index contributed by atoms with van der Waals surface area (Å²) in [5, 5.41) is 3.39. The highest BCUT2D eigenvalue weighted by atomic mass is 14.9. The highest BCUT2D eigenvalue weighted by molar-refractivity contribution is 5.32. The van der Waals surface area contributed by atoms with Gasteiger partial charge in [0.05, 0.1) is 11.4 Å². The van der Waals surface area contributed by atoms with E-state index in [0.717, 1.165) is 25.3 Å². The van der Waals surface area contributed by atoms with Crippen LogP contribution in [0.2, 0.25) is 0 Å². The molecule has 1 aromatic heterocycles. The van der Waals surface area contributed by atoms with E-state index in [-0.39, 0.29) is 5.41 Å². The minimum atomic E-state index is 0.108. The lowest BCUT2D eigenvalue weighted by Gasteiger charge is -2.26. The monoisotopic (exact) mass is 205 g/mol. The van der Waals surface area contributed by atoms with E-state index in [2.05, 4.69) is 36.1 Å². The summed E-state index contributed by atoms with van der Waals surface area (Å²) >= 11 is 0. The highest BCUT2D eigenvalue weighted by Gasteiger charge is 2.24. The van der Waals surface area contributed by atoms with Crippen molar-refractivity contribution in [3.8, 4) is 0 Å². The minimum absolute atomic E-state index is 0.108. The predicted molar refractivity (Wildman–Crippen MR) is 60.9 cm³/mol. The van der Waals surface area contributed by atoms with E-state index in [9.17, 15) is 0 Å². The summed E-state index contributed by atoms with van der Waals surface area (Å²) in [6.45, 7) is 10.6. The SMILES string of the molecule is Cc1nc2c(c(C(C)(C)C)n1)CNCC2. The first-order chi connectivity index (χ1) is 6.98. The Hall–Kier alpha value is -0.960. The molecule has 2 heterocycles. The number of hydrogen-bond donors (Lipinski definition) is 1. The van der Waals surface area contributed by atoms with E-state index in [4.69, 9.17) is 0 Å². The molecule has 0 radical (unpaired) electrons. The van der Waals surface area contributed by atoms with Gasteiger partial charge in [0, 0.05) is 30.5 Å². The van der Waals surface area contributed by atoms with Crippen LogP contribution in [-0.4, -0.2) is 16.5 Å². The van der Waals surface area contributed by atoms with Crippen LogP contribution in [0.3, 0.4) is 0 Å². The maximum Gasteiger partial charge on any atom is 0.125 e. The van der Waals surface area contributed by atoms with Crippen LogP contribution < -0.4 is 5.32 Å². The molecule has 0 spiro atoms. The Morgan fingerprint density at radius 1 is 1.20 bits per heavy atom. The standard InChI is InChI=1S/C12H19N3/c1-8-14-10-5-6-13-7-9(10)11(15-8)12(2,3)4/h13H,5-7H2,1-4H3. The number of nitrogens with one attached hydrogen (secondary N) is 1. The zero-order chi connectivity index (χ0) is 11.1. The van der Waals surface area contributed by atoms with E-state index in [1.807, 2.05) is 6.92 Å². The summed E-state index contributed by atoms with van der Waals surface area (Å²) in [5.41, 5.74) is 3.87. The summed E-state index contributed by atoms with van der Waals surface area (Å²) in [5.74, 6) is 0.903. The van der Waals surface area contributed by atoms with Crippen molar-refractivity contribution in [1.82, 2.24) is 15.3 Å². The maximum absolute atomic E-state index is 4.61. The smallest absolute Gasteiger partial charge is 0.125 e.